The molecular formula is C22H31F2NO2. The summed E-state index contributed by atoms with van der Waals surface area (Å²) >= 11 is 0. The Morgan fingerprint density at radius 2 is 2.04 bits per heavy atom. The Morgan fingerprint density at radius 1 is 1.33 bits per heavy atom. The minimum Gasteiger partial charge on any atom is -0.459 e. The molecule has 150 valence electrons. The zero-order valence-corrected chi connectivity index (χ0v) is 16.2. The maximum absolute atomic E-state index is 16.0. The number of hydrogen-bond donors (Lipinski definition) is 1. The van der Waals surface area contributed by atoms with Gasteiger partial charge in [-0.05, 0) is 37.3 Å². The van der Waals surface area contributed by atoms with Crippen LogP contribution in [0.1, 0.15) is 58.3 Å². The van der Waals surface area contributed by atoms with Gasteiger partial charge in [-0.15, -0.1) is 6.58 Å². The van der Waals surface area contributed by atoms with Gasteiger partial charge in [0.15, 0.2) is 0 Å². The summed E-state index contributed by atoms with van der Waals surface area (Å²) in [4.78, 5) is 1.61. The maximum Gasteiger partial charge on any atom is 0.331 e. The molecule has 0 aromatic heterocycles. The first-order chi connectivity index (χ1) is 13.0. The molecule has 0 spiro atoms. The van der Waals surface area contributed by atoms with Crippen LogP contribution in [0.4, 0.5) is 14.5 Å². The van der Waals surface area contributed by atoms with E-state index in [0.717, 1.165) is 25.7 Å². The van der Waals surface area contributed by atoms with E-state index in [0.29, 0.717) is 30.7 Å². The van der Waals surface area contributed by atoms with Crippen LogP contribution < -0.4 is 9.64 Å². The summed E-state index contributed by atoms with van der Waals surface area (Å²) in [5.41, 5.74) is -1.23. The molecular weight excluding hydrogens is 348 g/mol. The van der Waals surface area contributed by atoms with Crippen molar-refractivity contribution in [2.24, 2.45) is 5.92 Å². The van der Waals surface area contributed by atoms with Gasteiger partial charge in [0, 0.05) is 13.0 Å². The number of rotatable bonds is 8. The highest BCUT2D eigenvalue weighted by molar-refractivity contribution is 5.65. The molecule has 0 amide bonds. The van der Waals surface area contributed by atoms with E-state index in [-0.39, 0.29) is 18.9 Å². The van der Waals surface area contributed by atoms with E-state index in [9.17, 15) is 5.11 Å². The fourth-order valence-corrected chi connectivity index (χ4v) is 4.57. The van der Waals surface area contributed by atoms with Crippen LogP contribution in [0.2, 0.25) is 0 Å². The standard InChI is InChI=1S/C22H31F2NO2/c1-3-5-15-21(22(23,24)20(26)17-11-7-6-8-12-17)25(16-4-2)18-13-9-10-14-19(18)27-21/h4,9-10,13-14,17,20,26H,2-3,5-8,11-12,15-16H2,1H3/t20?,21-/m0/s1. The zero-order chi connectivity index (χ0) is 19.5. The number of aliphatic hydroxyl groups excluding tert-OH is 1. The SMILES string of the molecule is C=CCN1c2ccccc2O[C@@]1(CCCC)C(F)(F)C(O)C1CCCCC1. The molecule has 2 atom stereocenters. The second-order valence-electron chi connectivity index (χ2n) is 7.82. The zero-order valence-electron chi connectivity index (χ0n) is 16.2. The topological polar surface area (TPSA) is 32.7 Å². The summed E-state index contributed by atoms with van der Waals surface area (Å²) in [6.45, 7) is 5.97. The predicted molar refractivity (Wildman–Crippen MR) is 104 cm³/mol. The van der Waals surface area contributed by atoms with Gasteiger partial charge >= 0.3 is 5.92 Å². The molecule has 1 aromatic carbocycles. The molecule has 1 unspecified atom stereocenters. The highest BCUT2D eigenvalue weighted by Crippen LogP contribution is 2.53. The number of para-hydroxylation sites is 2. The van der Waals surface area contributed by atoms with Crippen molar-refractivity contribution in [1.29, 1.82) is 0 Å². The Morgan fingerprint density at radius 3 is 2.70 bits per heavy atom. The van der Waals surface area contributed by atoms with Gasteiger partial charge < -0.3 is 14.7 Å². The monoisotopic (exact) mass is 379 g/mol. The number of alkyl halides is 2. The van der Waals surface area contributed by atoms with Crippen molar-refractivity contribution >= 4 is 5.69 Å². The quantitative estimate of drug-likeness (QED) is 0.603. The van der Waals surface area contributed by atoms with Gasteiger partial charge in [0.05, 0.1) is 5.69 Å². The first-order valence-corrected chi connectivity index (χ1v) is 10.2. The summed E-state index contributed by atoms with van der Waals surface area (Å²) in [6, 6.07) is 7.14. The average Bonchev–Trinajstić information content (AvgIpc) is 3.02. The molecule has 3 rings (SSSR count). The van der Waals surface area contributed by atoms with Crippen LogP contribution in [0.25, 0.3) is 0 Å². The molecule has 2 aliphatic rings. The first kappa shape index (κ1) is 20.1. The number of benzene rings is 1. The second-order valence-corrected chi connectivity index (χ2v) is 7.82. The Bertz CT molecular complexity index is 645. The van der Waals surface area contributed by atoms with Crippen LogP contribution in [0.5, 0.6) is 5.75 Å². The normalized spacial score (nSPS) is 24.4. The van der Waals surface area contributed by atoms with E-state index in [4.69, 9.17) is 4.74 Å². The Balaban J connectivity index is 2.01. The molecule has 1 aliphatic carbocycles. The van der Waals surface area contributed by atoms with Gasteiger partial charge in [-0.1, -0.05) is 50.8 Å². The summed E-state index contributed by atoms with van der Waals surface area (Å²) in [6.07, 6.45) is 5.58. The van der Waals surface area contributed by atoms with Crippen molar-refractivity contribution in [2.45, 2.75) is 76.0 Å². The van der Waals surface area contributed by atoms with E-state index >= 15 is 8.78 Å². The Labute approximate surface area is 161 Å². The lowest BCUT2D eigenvalue weighted by Crippen LogP contribution is -2.67. The number of nitrogens with zero attached hydrogens (tertiary/aromatic N) is 1. The van der Waals surface area contributed by atoms with Crippen molar-refractivity contribution in [3.05, 3.63) is 36.9 Å². The summed E-state index contributed by atoms with van der Waals surface area (Å²) in [5.74, 6) is -3.33. The van der Waals surface area contributed by atoms with Gasteiger partial charge in [-0.2, -0.15) is 8.78 Å². The van der Waals surface area contributed by atoms with Crippen molar-refractivity contribution < 1.29 is 18.6 Å². The molecule has 3 nitrogen and oxygen atoms in total. The van der Waals surface area contributed by atoms with Crippen LogP contribution in [0.3, 0.4) is 0 Å². The third-order valence-corrected chi connectivity index (χ3v) is 6.04. The minimum atomic E-state index is -3.40. The largest absolute Gasteiger partial charge is 0.459 e. The molecule has 1 saturated carbocycles. The molecule has 1 fully saturated rings. The minimum absolute atomic E-state index is 0.156. The molecule has 1 aliphatic heterocycles. The molecule has 0 radical (unpaired) electrons. The van der Waals surface area contributed by atoms with Gasteiger partial charge in [-0.3, -0.25) is 0 Å². The molecule has 27 heavy (non-hydrogen) atoms. The van der Waals surface area contributed by atoms with Crippen molar-refractivity contribution in [3.63, 3.8) is 0 Å². The van der Waals surface area contributed by atoms with Gasteiger partial charge in [0.2, 0.25) is 5.72 Å². The van der Waals surface area contributed by atoms with Gasteiger partial charge in [-0.25, -0.2) is 0 Å². The number of hydrogen-bond acceptors (Lipinski definition) is 3. The smallest absolute Gasteiger partial charge is 0.331 e. The lowest BCUT2D eigenvalue weighted by molar-refractivity contribution is -0.231. The van der Waals surface area contributed by atoms with E-state index in [2.05, 4.69) is 6.58 Å². The van der Waals surface area contributed by atoms with Crippen LogP contribution in [0.15, 0.2) is 36.9 Å². The van der Waals surface area contributed by atoms with Gasteiger partial charge in [0.25, 0.3) is 0 Å². The van der Waals surface area contributed by atoms with Crippen LogP contribution in [-0.4, -0.2) is 29.4 Å². The molecule has 1 N–H and O–H groups in total. The summed E-state index contributed by atoms with van der Waals surface area (Å²) in [5, 5.41) is 10.8. The highest BCUT2D eigenvalue weighted by atomic mass is 19.3. The number of unbranched alkanes of at least 4 members (excludes halogenated alkanes) is 1. The lowest BCUT2D eigenvalue weighted by atomic mass is 9.79. The number of ether oxygens (including phenoxy) is 1. The average molecular weight is 379 g/mol. The molecule has 1 heterocycles. The predicted octanol–water partition coefficient (Wildman–Crippen LogP) is 5.53. The summed E-state index contributed by atoms with van der Waals surface area (Å²) < 4.78 is 38.0. The third-order valence-electron chi connectivity index (χ3n) is 6.04. The fourth-order valence-electron chi connectivity index (χ4n) is 4.57. The van der Waals surface area contributed by atoms with Crippen molar-refractivity contribution in [2.75, 3.05) is 11.4 Å². The Kier molecular flexibility index (Phi) is 6.09. The Hall–Kier alpha value is -1.62. The lowest BCUT2D eigenvalue weighted by Gasteiger charge is -2.46. The number of anilines is 1. The first-order valence-electron chi connectivity index (χ1n) is 10.2. The molecule has 5 heteroatoms. The van der Waals surface area contributed by atoms with Crippen LogP contribution in [-0.2, 0) is 0 Å². The van der Waals surface area contributed by atoms with Crippen LogP contribution >= 0.6 is 0 Å². The number of fused-ring (bicyclic) bond motifs is 1. The maximum atomic E-state index is 16.0. The number of halogens is 2. The van der Waals surface area contributed by atoms with Crippen LogP contribution in [0, 0.1) is 5.92 Å². The van der Waals surface area contributed by atoms with Crippen molar-refractivity contribution in [3.8, 4) is 5.75 Å². The molecule has 1 aromatic rings. The highest BCUT2D eigenvalue weighted by Gasteiger charge is 2.66. The molecule has 0 bridgehead atoms. The molecule has 0 saturated heterocycles. The van der Waals surface area contributed by atoms with Crippen molar-refractivity contribution in [1.82, 2.24) is 0 Å². The number of aliphatic hydroxyl groups is 1. The summed E-state index contributed by atoms with van der Waals surface area (Å²) in [7, 11) is 0. The van der Waals surface area contributed by atoms with Gasteiger partial charge in [0.1, 0.15) is 11.9 Å². The van der Waals surface area contributed by atoms with E-state index in [1.165, 1.54) is 0 Å². The third kappa shape index (κ3) is 3.46. The van der Waals surface area contributed by atoms with E-state index in [1.54, 1.807) is 29.2 Å². The van der Waals surface area contributed by atoms with E-state index < -0.39 is 17.8 Å². The second kappa shape index (κ2) is 8.17. The van der Waals surface area contributed by atoms with E-state index in [1.807, 2.05) is 13.0 Å². The fraction of sp³-hybridized carbons (Fsp3) is 0.636.